The summed E-state index contributed by atoms with van der Waals surface area (Å²) in [5.74, 6) is 0.811. The summed E-state index contributed by atoms with van der Waals surface area (Å²) in [5, 5.41) is 3.40. The molecule has 5 nitrogen and oxygen atoms in total. The molecule has 3 rings (SSSR count). The van der Waals surface area contributed by atoms with Crippen molar-refractivity contribution in [1.82, 2.24) is 4.98 Å². The molecule has 25 heavy (non-hydrogen) atoms. The Balaban J connectivity index is 1.85. The van der Waals surface area contributed by atoms with E-state index in [1.807, 2.05) is 37.3 Å². The molecule has 1 heterocycles. The van der Waals surface area contributed by atoms with Gasteiger partial charge >= 0.3 is 0 Å². The number of aryl methyl sites for hydroxylation is 1. The zero-order valence-electron chi connectivity index (χ0n) is 14.2. The fourth-order valence-corrected chi connectivity index (χ4v) is 3.30. The van der Waals surface area contributed by atoms with Crippen LogP contribution < -0.4 is 14.8 Å². The highest BCUT2D eigenvalue weighted by Crippen LogP contribution is 2.31. The monoisotopic (exact) mass is 354 g/mol. The lowest BCUT2D eigenvalue weighted by Crippen LogP contribution is -2.13. The van der Waals surface area contributed by atoms with Crippen molar-refractivity contribution in [2.45, 2.75) is 6.92 Å². The summed E-state index contributed by atoms with van der Waals surface area (Å²) in [7, 11) is 3.09. The molecule has 0 aliphatic rings. The normalized spacial score (nSPS) is 10.4. The SMILES string of the molecule is COc1ccc(C(=O)Nc2nc(-c3ccccc3)c(C)s2)c(OC)c1. The van der Waals surface area contributed by atoms with E-state index < -0.39 is 0 Å². The minimum Gasteiger partial charge on any atom is -0.497 e. The van der Waals surface area contributed by atoms with Gasteiger partial charge in [0.1, 0.15) is 11.5 Å². The van der Waals surface area contributed by atoms with E-state index in [9.17, 15) is 4.79 Å². The van der Waals surface area contributed by atoms with Gasteiger partial charge in [0.05, 0.1) is 25.5 Å². The number of methoxy groups -OCH3 is 2. The third-order valence-corrected chi connectivity index (χ3v) is 4.60. The minimum absolute atomic E-state index is 0.270. The second-order valence-corrected chi connectivity index (χ2v) is 6.51. The first kappa shape index (κ1) is 17.0. The van der Waals surface area contributed by atoms with E-state index in [1.165, 1.54) is 18.4 Å². The molecule has 0 saturated heterocycles. The van der Waals surface area contributed by atoms with Crippen molar-refractivity contribution in [3.8, 4) is 22.8 Å². The van der Waals surface area contributed by atoms with Crippen molar-refractivity contribution in [2.75, 3.05) is 19.5 Å². The summed E-state index contributed by atoms with van der Waals surface area (Å²) in [6, 6.07) is 15.0. The molecule has 0 radical (unpaired) electrons. The quantitative estimate of drug-likeness (QED) is 0.738. The number of thiazole rings is 1. The zero-order chi connectivity index (χ0) is 17.8. The van der Waals surface area contributed by atoms with Crippen LogP contribution in [0.25, 0.3) is 11.3 Å². The largest absolute Gasteiger partial charge is 0.497 e. The molecule has 1 N–H and O–H groups in total. The number of hydrogen-bond acceptors (Lipinski definition) is 5. The van der Waals surface area contributed by atoms with Crippen LogP contribution in [0.15, 0.2) is 48.5 Å². The van der Waals surface area contributed by atoms with Gasteiger partial charge in [-0.2, -0.15) is 0 Å². The second-order valence-electron chi connectivity index (χ2n) is 5.31. The lowest BCUT2D eigenvalue weighted by Gasteiger charge is -2.09. The highest BCUT2D eigenvalue weighted by atomic mass is 32.1. The molecule has 2 aromatic carbocycles. The molecular weight excluding hydrogens is 336 g/mol. The van der Waals surface area contributed by atoms with E-state index in [0.717, 1.165) is 16.1 Å². The molecule has 0 fully saturated rings. The van der Waals surface area contributed by atoms with Gasteiger partial charge in [-0.15, -0.1) is 11.3 Å². The maximum absolute atomic E-state index is 12.6. The Bertz CT molecular complexity index is 891. The zero-order valence-corrected chi connectivity index (χ0v) is 15.0. The maximum atomic E-state index is 12.6. The van der Waals surface area contributed by atoms with Crippen LogP contribution in [-0.4, -0.2) is 25.1 Å². The third-order valence-electron chi connectivity index (χ3n) is 3.72. The number of nitrogens with zero attached hydrogens (tertiary/aromatic N) is 1. The molecular formula is C19H18N2O3S. The Morgan fingerprint density at radius 2 is 1.84 bits per heavy atom. The number of carbonyl (C=O) groups is 1. The first-order chi connectivity index (χ1) is 12.1. The Labute approximate surface area is 150 Å². The average molecular weight is 354 g/mol. The molecule has 0 bridgehead atoms. The van der Waals surface area contributed by atoms with Crippen LogP contribution in [0.4, 0.5) is 5.13 Å². The predicted molar refractivity (Wildman–Crippen MR) is 99.8 cm³/mol. The third kappa shape index (κ3) is 3.64. The average Bonchev–Trinajstić information content (AvgIpc) is 3.01. The number of nitrogens with one attached hydrogen (secondary N) is 1. The summed E-state index contributed by atoms with van der Waals surface area (Å²) in [4.78, 5) is 18.2. The molecule has 6 heteroatoms. The van der Waals surface area contributed by atoms with Gasteiger partial charge in [0.2, 0.25) is 0 Å². The first-order valence-corrected chi connectivity index (χ1v) is 8.50. The molecule has 0 atom stereocenters. The van der Waals surface area contributed by atoms with Crippen LogP contribution in [0.5, 0.6) is 11.5 Å². The van der Waals surface area contributed by atoms with Crippen LogP contribution in [-0.2, 0) is 0 Å². The summed E-state index contributed by atoms with van der Waals surface area (Å²) in [5.41, 5.74) is 2.33. The lowest BCUT2D eigenvalue weighted by molar-refractivity contribution is 0.102. The van der Waals surface area contributed by atoms with Gasteiger partial charge in [0.15, 0.2) is 5.13 Å². The molecule has 1 aromatic heterocycles. The van der Waals surface area contributed by atoms with E-state index in [1.54, 1.807) is 25.3 Å². The van der Waals surface area contributed by atoms with Crippen LogP contribution in [0.3, 0.4) is 0 Å². The van der Waals surface area contributed by atoms with Crippen molar-refractivity contribution in [2.24, 2.45) is 0 Å². The van der Waals surface area contributed by atoms with Crippen molar-refractivity contribution in [1.29, 1.82) is 0 Å². The smallest absolute Gasteiger partial charge is 0.261 e. The Hall–Kier alpha value is -2.86. The molecule has 0 aliphatic heterocycles. The van der Waals surface area contributed by atoms with Crippen LogP contribution in [0.1, 0.15) is 15.2 Å². The number of carbonyl (C=O) groups excluding carboxylic acids is 1. The Kier molecular flexibility index (Phi) is 5.00. The summed E-state index contributed by atoms with van der Waals surface area (Å²) in [6.45, 7) is 1.99. The van der Waals surface area contributed by atoms with E-state index in [4.69, 9.17) is 9.47 Å². The van der Waals surface area contributed by atoms with Gasteiger partial charge in [0, 0.05) is 16.5 Å². The predicted octanol–water partition coefficient (Wildman–Crippen LogP) is 4.39. The molecule has 1 amide bonds. The Morgan fingerprint density at radius 1 is 1.08 bits per heavy atom. The molecule has 0 unspecified atom stereocenters. The molecule has 128 valence electrons. The fraction of sp³-hybridized carbons (Fsp3) is 0.158. The molecule has 0 saturated carbocycles. The van der Waals surface area contributed by atoms with Gasteiger partial charge in [0.25, 0.3) is 5.91 Å². The summed E-state index contributed by atoms with van der Waals surface area (Å²) < 4.78 is 10.4. The van der Waals surface area contributed by atoms with Gasteiger partial charge in [-0.25, -0.2) is 4.98 Å². The second kappa shape index (κ2) is 7.36. The number of ether oxygens (including phenoxy) is 2. The minimum atomic E-state index is -0.270. The van der Waals surface area contributed by atoms with E-state index >= 15 is 0 Å². The van der Waals surface area contributed by atoms with Gasteiger partial charge < -0.3 is 9.47 Å². The number of aromatic nitrogens is 1. The molecule has 0 aliphatic carbocycles. The molecule has 3 aromatic rings. The van der Waals surface area contributed by atoms with Crippen LogP contribution in [0, 0.1) is 6.92 Å². The Morgan fingerprint density at radius 3 is 2.52 bits per heavy atom. The van der Waals surface area contributed by atoms with E-state index in [-0.39, 0.29) is 5.91 Å². The summed E-state index contributed by atoms with van der Waals surface area (Å²) in [6.07, 6.45) is 0. The van der Waals surface area contributed by atoms with E-state index in [0.29, 0.717) is 22.2 Å². The van der Waals surface area contributed by atoms with Crippen molar-refractivity contribution in [3.05, 3.63) is 59.0 Å². The van der Waals surface area contributed by atoms with Crippen molar-refractivity contribution < 1.29 is 14.3 Å². The topological polar surface area (TPSA) is 60.5 Å². The van der Waals surface area contributed by atoms with Crippen molar-refractivity contribution >= 4 is 22.4 Å². The van der Waals surface area contributed by atoms with Gasteiger partial charge in [-0.05, 0) is 19.1 Å². The number of amides is 1. The van der Waals surface area contributed by atoms with E-state index in [2.05, 4.69) is 10.3 Å². The highest BCUT2D eigenvalue weighted by Gasteiger charge is 2.16. The molecule has 0 spiro atoms. The highest BCUT2D eigenvalue weighted by molar-refractivity contribution is 7.16. The number of rotatable bonds is 5. The lowest BCUT2D eigenvalue weighted by atomic mass is 10.1. The van der Waals surface area contributed by atoms with Crippen LogP contribution >= 0.6 is 11.3 Å². The number of benzene rings is 2. The number of anilines is 1. The van der Waals surface area contributed by atoms with Crippen LogP contribution in [0.2, 0.25) is 0 Å². The van der Waals surface area contributed by atoms with Gasteiger partial charge in [-0.1, -0.05) is 30.3 Å². The van der Waals surface area contributed by atoms with Crippen molar-refractivity contribution in [3.63, 3.8) is 0 Å². The first-order valence-electron chi connectivity index (χ1n) is 7.68. The summed E-state index contributed by atoms with van der Waals surface area (Å²) >= 11 is 1.44. The number of hydrogen-bond donors (Lipinski definition) is 1. The standard InChI is InChI=1S/C19H18N2O3S/c1-12-17(13-7-5-4-6-8-13)20-19(25-12)21-18(22)15-10-9-14(23-2)11-16(15)24-3/h4-11H,1-3H3,(H,20,21,22). The fourth-order valence-electron chi connectivity index (χ4n) is 2.46. The maximum Gasteiger partial charge on any atom is 0.261 e. The van der Waals surface area contributed by atoms with Gasteiger partial charge in [-0.3, -0.25) is 10.1 Å².